The second-order valence-electron chi connectivity index (χ2n) is 6.06. The highest BCUT2D eigenvalue weighted by atomic mass is 16.6. The second-order valence-corrected chi connectivity index (χ2v) is 6.06. The highest BCUT2D eigenvalue weighted by Gasteiger charge is 2.35. The van der Waals surface area contributed by atoms with Crippen molar-refractivity contribution in [2.45, 2.75) is 65.9 Å². The molecule has 1 saturated carbocycles. The molecule has 4 nitrogen and oxygen atoms in total. The molecule has 0 aromatic heterocycles. The van der Waals surface area contributed by atoms with Gasteiger partial charge in [0.1, 0.15) is 6.10 Å². The van der Waals surface area contributed by atoms with Gasteiger partial charge in [0.2, 0.25) is 0 Å². The largest absolute Gasteiger partial charge is 0.446 e. The molecule has 1 atom stereocenters. The molecular formula is C16H28N2O2. The number of amides is 1. The van der Waals surface area contributed by atoms with E-state index in [9.17, 15) is 4.79 Å². The van der Waals surface area contributed by atoms with Crippen LogP contribution in [0, 0.1) is 22.7 Å². The highest BCUT2D eigenvalue weighted by molar-refractivity contribution is 5.68. The number of likely N-dealkylation sites (tertiary alicyclic amines) is 1. The van der Waals surface area contributed by atoms with E-state index >= 15 is 0 Å². The Hall–Kier alpha value is -1.24. The third-order valence-electron chi connectivity index (χ3n) is 4.31. The lowest BCUT2D eigenvalue weighted by Gasteiger charge is -2.37. The van der Waals surface area contributed by atoms with E-state index in [-0.39, 0.29) is 17.6 Å². The lowest BCUT2D eigenvalue weighted by atomic mass is 9.78. The molecule has 0 aromatic rings. The predicted molar refractivity (Wildman–Crippen MR) is 79.2 cm³/mol. The fourth-order valence-corrected chi connectivity index (χ4v) is 2.49. The summed E-state index contributed by atoms with van der Waals surface area (Å²) >= 11 is 0. The topological polar surface area (TPSA) is 53.3 Å². The maximum Gasteiger partial charge on any atom is 0.410 e. The van der Waals surface area contributed by atoms with E-state index in [1.54, 1.807) is 4.90 Å². The summed E-state index contributed by atoms with van der Waals surface area (Å²) < 4.78 is 5.46. The van der Waals surface area contributed by atoms with Crippen LogP contribution in [-0.2, 0) is 4.74 Å². The molecule has 2 fully saturated rings. The first-order valence-electron chi connectivity index (χ1n) is 7.87. The van der Waals surface area contributed by atoms with Crippen molar-refractivity contribution in [2.24, 2.45) is 11.3 Å². The minimum atomic E-state index is -0.173. The van der Waals surface area contributed by atoms with Crippen molar-refractivity contribution in [3.8, 4) is 6.07 Å². The smallest absolute Gasteiger partial charge is 0.410 e. The molecule has 0 aromatic carbocycles. The van der Waals surface area contributed by atoms with Crippen molar-refractivity contribution in [2.75, 3.05) is 13.1 Å². The quantitative estimate of drug-likeness (QED) is 0.786. The normalized spacial score (nSPS) is 22.1. The molecule has 2 aliphatic rings. The van der Waals surface area contributed by atoms with Crippen molar-refractivity contribution in [3.05, 3.63) is 0 Å². The Balaban J connectivity index is 0.000000956. The fraction of sp³-hybridized carbons (Fsp3) is 0.875. The van der Waals surface area contributed by atoms with Crippen LogP contribution in [0.25, 0.3) is 0 Å². The van der Waals surface area contributed by atoms with E-state index in [2.05, 4.69) is 13.0 Å². The van der Waals surface area contributed by atoms with Gasteiger partial charge in [0.05, 0.1) is 6.07 Å². The number of ether oxygens (including phenoxy) is 1. The van der Waals surface area contributed by atoms with E-state index in [1.165, 1.54) is 12.8 Å². The number of nitriles is 1. The van der Waals surface area contributed by atoms with Crippen LogP contribution in [0.15, 0.2) is 0 Å². The van der Waals surface area contributed by atoms with E-state index in [0.29, 0.717) is 25.4 Å². The fourth-order valence-electron chi connectivity index (χ4n) is 2.49. The summed E-state index contributed by atoms with van der Waals surface area (Å²) in [4.78, 5) is 13.7. The van der Waals surface area contributed by atoms with Crippen molar-refractivity contribution in [1.29, 1.82) is 5.26 Å². The van der Waals surface area contributed by atoms with Crippen LogP contribution in [0.5, 0.6) is 0 Å². The summed E-state index contributed by atoms with van der Waals surface area (Å²) in [6, 6.07) is 2.24. The summed E-state index contributed by atoms with van der Waals surface area (Å²) in [7, 11) is 0. The van der Waals surface area contributed by atoms with Crippen molar-refractivity contribution >= 4 is 6.09 Å². The molecule has 2 rings (SSSR count). The summed E-state index contributed by atoms with van der Waals surface area (Å²) in [6.45, 7) is 9.55. The number of piperidine rings is 1. The minimum absolute atomic E-state index is 0.0601. The van der Waals surface area contributed by atoms with Crippen LogP contribution in [-0.4, -0.2) is 30.2 Å². The zero-order chi connectivity index (χ0) is 15.2. The molecule has 1 aliphatic carbocycles. The van der Waals surface area contributed by atoms with Gasteiger partial charge in [0.25, 0.3) is 0 Å². The van der Waals surface area contributed by atoms with Crippen LogP contribution in [0.2, 0.25) is 0 Å². The summed E-state index contributed by atoms with van der Waals surface area (Å²) in [6.07, 6.45) is 4.64. The molecule has 1 amide bonds. The van der Waals surface area contributed by atoms with Crippen molar-refractivity contribution in [3.63, 3.8) is 0 Å². The molecule has 114 valence electrons. The molecule has 1 heterocycles. The second kappa shape index (κ2) is 7.52. The number of carbonyl (C=O) groups is 1. The number of carbonyl (C=O) groups excluding carboxylic acids is 1. The zero-order valence-corrected chi connectivity index (χ0v) is 13.3. The van der Waals surface area contributed by atoms with Gasteiger partial charge in [-0.25, -0.2) is 4.79 Å². The molecule has 0 radical (unpaired) electrons. The van der Waals surface area contributed by atoms with Crippen LogP contribution in [0.4, 0.5) is 4.79 Å². The number of nitrogens with zero attached hydrogens (tertiary/aromatic N) is 2. The molecule has 1 aliphatic heterocycles. The molecule has 1 unspecified atom stereocenters. The van der Waals surface area contributed by atoms with Gasteiger partial charge in [-0.3, -0.25) is 0 Å². The number of hydrogen-bond acceptors (Lipinski definition) is 3. The predicted octanol–water partition coefficient (Wildman–Crippen LogP) is 3.96. The standard InChI is InChI=1S/C14H22N2O2.C2H6/c1-11(12-3-4-12)18-13(17)16-9-6-14(2,5-8-15)7-10-16;1-2/h11-12H,3-7,9-10H2,1-2H3;1-2H3. The Morgan fingerprint density at radius 1 is 1.40 bits per heavy atom. The van der Waals surface area contributed by atoms with Crippen LogP contribution < -0.4 is 0 Å². The van der Waals surface area contributed by atoms with Gasteiger partial charge in [0.15, 0.2) is 0 Å². The molecule has 0 bridgehead atoms. The molecule has 0 N–H and O–H groups in total. The minimum Gasteiger partial charge on any atom is -0.446 e. The van der Waals surface area contributed by atoms with Gasteiger partial charge < -0.3 is 9.64 Å². The molecule has 20 heavy (non-hydrogen) atoms. The monoisotopic (exact) mass is 280 g/mol. The Morgan fingerprint density at radius 2 is 1.95 bits per heavy atom. The summed E-state index contributed by atoms with van der Waals surface area (Å²) in [5, 5.41) is 8.79. The first-order valence-corrected chi connectivity index (χ1v) is 7.87. The maximum atomic E-state index is 11.9. The van der Waals surface area contributed by atoms with E-state index in [1.807, 2.05) is 20.8 Å². The van der Waals surface area contributed by atoms with Gasteiger partial charge in [-0.2, -0.15) is 5.26 Å². The van der Waals surface area contributed by atoms with Crippen molar-refractivity contribution in [1.82, 2.24) is 4.90 Å². The number of rotatable bonds is 3. The van der Waals surface area contributed by atoms with Gasteiger partial charge in [-0.15, -0.1) is 0 Å². The average Bonchev–Trinajstić information content (AvgIpc) is 3.26. The lowest BCUT2D eigenvalue weighted by Crippen LogP contribution is -2.43. The third-order valence-corrected chi connectivity index (χ3v) is 4.31. The Bertz CT molecular complexity index is 350. The zero-order valence-electron chi connectivity index (χ0n) is 13.3. The molecule has 4 heteroatoms. The average molecular weight is 280 g/mol. The molecule has 1 saturated heterocycles. The van der Waals surface area contributed by atoms with Crippen LogP contribution >= 0.6 is 0 Å². The highest BCUT2D eigenvalue weighted by Crippen LogP contribution is 2.36. The summed E-state index contributed by atoms with van der Waals surface area (Å²) in [5.74, 6) is 0.586. The number of hydrogen-bond donors (Lipinski definition) is 0. The summed E-state index contributed by atoms with van der Waals surface area (Å²) in [5.41, 5.74) is 0.0770. The Labute approximate surface area is 123 Å². The van der Waals surface area contributed by atoms with Crippen molar-refractivity contribution < 1.29 is 9.53 Å². The first kappa shape index (κ1) is 16.8. The van der Waals surface area contributed by atoms with E-state index in [4.69, 9.17) is 10.00 Å². The maximum absolute atomic E-state index is 11.9. The van der Waals surface area contributed by atoms with Gasteiger partial charge >= 0.3 is 6.09 Å². The Morgan fingerprint density at radius 3 is 2.40 bits per heavy atom. The van der Waals surface area contributed by atoms with Crippen LogP contribution in [0.3, 0.4) is 0 Å². The van der Waals surface area contributed by atoms with Gasteiger partial charge in [-0.1, -0.05) is 20.8 Å². The van der Waals surface area contributed by atoms with Gasteiger partial charge in [0, 0.05) is 19.5 Å². The third kappa shape index (κ3) is 4.70. The molecule has 0 spiro atoms. The molecular weight excluding hydrogens is 252 g/mol. The van der Waals surface area contributed by atoms with Gasteiger partial charge in [-0.05, 0) is 43.9 Å². The SMILES string of the molecule is CC.CC(OC(=O)N1CCC(C)(CC#N)CC1)C1CC1. The lowest BCUT2D eigenvalue weighted by molar-refractivity contribution is 0.0418. The Kier molecular flexibility index (Phi) is 6.32. The first-order chi connectivity index (χ1) is 9.54. The van der Waals surface area contributed by atoms with E-state index < -0.39 is 0 Å². The van der Waals surface area contributed by atoms with Crippen LogP contribution in [0.1, 0.15) is 59.8 Å². The van der Waals surface area contributed by atoms with E-state index in [0.717, 1.165) is 12.8 Å².